The van der Waals surface area contributed by atoms with E-state index in [9.17, 15) is 4.79 Å². The zero-order valence-corrected chi connectivity index (χ0v) is 17.7. The van der Waals surface area contributed by atoms with E-state index in [1.807, 2.05) is 31.2 Å². The smallest absolute Gasteiger partial charge is 0.237 e. The highest BCUT2D eigenvalue weighted by Crippen LogP contribution is 2.22. The third kappa shape index (κ3) is 6.21. The summed E-state index contributed by atoms with van der Waals surface area (Å²) >= 11 is 0. The van der Waals surface area contributed by atoms with Crippen molar-refractivity contribution >= 4 is 5.91 Å². The minimum absolute atomic E-state index is 0.0651. The summed E-state index contributed by atoms with van der Waals surface area (Å²) in [6.45, 7) is 8.47. The lowest BCUT2D eigenvalue weighted by atomic mass is 9.95. The van der Waals surface area contributed by atoms with Crippen LogP contribution in [-0.2, 0) is 11.3 Å². The van der Waals surface area contributed by atoms with Crippen LogP contribution in [0.3, 0.4) is 0 Å². The number of nitrogens with one attached hydrogen (secondary N) is 1. The van der Waals surface area contributed by atoms with Gasteiger partial charge in [0.1, 0.15) is 5.75 Å². The first-order valence-electron chi connectivity index (χ1n) is 11.0. The van der Waals surface area contributed by atoms with E-state index >= 15 is 0 Å². The van der Waals surface area contributed by atoms with Gasteiger partial charge in [-0.15, -0.1) is 0 Å². The van der Waals surface area contributed by atoms with Crippen molar-refractivity contribution in [1.82, 2.24) is 15.1 Å². The number of piperidine rings is 1. The average Bonchev–Trinajstić information content (AvgIpc) is 3.01. The van der Waals surface area contributed by atoms with E-state index in [0.717, 1.165) is 30.3 Å². The molecular formula is C23H37N3O2. The molecule has 0 saturated carbocycles. The molecule has 156 valence electrons. The second-order valence-electron chi connectivity index (χ2n) is 8.44. The number of ether oxygens (including phenoxy) is 1. The minimum Gasteiger partial charge on any atom is -0.497 e. The molecule has 5 heteroatoms. The molecule has 2 saturated heterocycles. The first kappa shape index (κ1) is 21.1. The number of benzene rings is 1. The molecule has 0 bridgehead atoms. The van der Waals surface area contributed by atoms with Crippen LogP contribution in [-0.4, -0.2) is 61.6 Å². The molecule has 0 spiro atoms. The van der Waals surface area contributed by atoms with E-state index in [1.54, 1.807) is 7.11 Å². The molecule has 5 nitrogen and oxygen atoms in total. The molecule has 2 heterocycles. The number of carbonyl (C=O) groups is 1. The third-order valence-electron chi connectivity index (χ3n) is 6.39. The standard InChI is InChI=1S/C23H37N3O2/c1-19(23(27)24-17-21-8-7-9-22(16-21)28-2)26-14-10-20(11-15-26)18-25-12-5-3-4-6-13-25/h7-9,16,19-20H,3-6,10-15,17-18H2,1-2H3,(H,24,27). The van der Waals surface area contributed by atoms with Crippen LogP contribution in [0.1, 0.15) is 51.0 Å². The first-order valence-corrected chi connectivity index (χ1v) is 11.0. The van der Waals surface area contributed by atoms with E-state index in [0.29, 0.717) is 6.54 Å². The van der Waals surface area contributed by atoms with Crippen molar-refractivity contribution in [3.8, 4) is 5.75 Å². The molecule has 1 unspecified atom stereocenters. The van der Waals surface area contributed by atoms with E-state index in [2.05, 4.69) is 15.1 Å². The van der Waals surface area contributed by atoms with Gasteiger partial charge >= 0.3 is 0 Å². The Morgan fingerprint density at radius 2 is 1.86 bits per heavy atom. The molecule has 1 amide bonds. The molecular weight excluding hydrogens is 350 g/mol. The number of carbonyl (C=O) groups excluding carboxylic acids is 1. The molecule has 1 atom stereocenters. The summed E-state index contributed by atoms with van der Waals surface area (Å²) in [7, 11) is 1.66. The van der Waals surface area contributed by atoms with Gasteiger partial charge in [0.25, 0.3) is 0 Å². The Bertz CT molecular complexity index is 606. The number of amides is 1. The average molecular weight is 388 g/mol. The number of likely N-dealkylation sites (tertiary alicyclic amines) is 2. The molecule has 1 aromatic carbocycles. The Labute approximate surface area is 170 Å². The van der Waals surface area contributed by atoms with Gasteiger partial charge < -0.3 is 15.0 Å². The van der Waals surface area contributed by atoms with Crippen LogP contribution >= 0.6 is 0 Å². The fourth-order valence-electron chi connectivity index (χ4n) is 4.49. The lowest BCUT2D eigenvalue weighted by molar-refractivity contribution is -0.126. The van der Waals surface area contributed by atoms with Crippen molar-refractivity contribution in [2.75, 3.05) is 39.8 Å². The van der Waals surface area contributed by atoms with Gasteiger partial charge in [0.05, 0.1) is 13.2 Å². The van der Waals surface area contributed by atoms with Crippen LogP contribution in [0.15, 0.2) is 24.3 Å². The topological polar surface area (TPSA) is 44.8 Å². The van der Waals surface area contributed by atoms with Gasteiger partial charge in [-0.25, -0.2) is 0 Å². The molecule has 3 rings (SSSR count). The number of rotatable bonds is 7. The van der Waals surface area contributed by atoms with Crippen molar-refractivity contribution in [1.29, 1.82) is 0 Å². The van der Waals surface area contributed by atoms with Crippen molar-refractivity contribution < 1.29 is 9.53 Å². The maximum Gasteiger partial charge on any atom is 0.237 e. The SMILES string of the molecule is COc1cccc(CNC(=O)C(C)N2CCC(CN3CCCCCC3)CC2)c1. The fraction of sp³-hybridized carbons (Fsp3) is 0.696. The van der Waals surface area contributed by atoms with Crippen LogP contribution in [0.2, 0.25) is 0 Å². The van der Waals surface area contributed by atoms with Crippen molar-refractivity contribution in [3.05, 3.63) is 29.8 Å². The van der Waals surface area contributed by atoms with Crippen LogP contribution in [0.25, 0.3) is 0 Å². The monoisotopic (exact) mass is 387 g/mol. The van der Waals surface area contributed by atoms with E-state index in [4.69, 9.17) is 4.74 Å². The quantitative estimate of drug-likeness (QED) is 0.780. The molecule has 28 heavy (non-hydrogen) atoms. The fourth-order valence-corrected chi connectivity index (χ4v) is 4.49. The Balaban J connectivity index is 1.39. The Hall–Kier alpha value is -1.59. The lowest BCUT2D eigenvalue weighted by Gasteiger charge is -2.37. The predicted octanol–water partition coefficient (Wildman–Crippen LogP) is 3.29. The number of hydrogen-bond acceptors (Lipinski definition) is 4. The second-order valence-corrected chi connectivity index (χ2v) is 8.44. The van der Waals surface area contributed by atoms with Gasteiger partial charge in [-0.1, -0.05) is 25.0 Å². The summed E-state index contributed by atoms with van der Waals surface area (Å²) in [6, 6.07) is 7.80. The molecule has 0 aliphatic carbocycles. The molecule has 2 aliphatic heterocycles. The largest absolute Gasteiger partial charge is 0.497 e. The lowest BCUT2D eigenvalue weighted by Crippen LogP contribution is -2.49. The molecule has 0 radical (unpaired) electrons. The third-order valence-corrected chi connectivity index (χ3v) is 6.39. The van der Waals surface area contributed by atoms with Gasteiger partial charge in [0.2, 0.25) is 5.91 Å². The highest BCUT2D eigenvalue weighted by molar-refractivity contribution is 5.81. The van der Waals surface area contributed by atoms with Gasteiger partial charge in [0, 0.05) is 13.1 Å². The predicted molar refractivity (Wildman–Crippen MR) is 114 cm³/mol. The Morgan fingerprint density at radius 1 is 1.14 bits per heavy atom. The first-order chi connectivity index (χ1) is 13.7. The van der Waals surface area contributed by atoms with Crippen LogP contribution in [0, 0.1) is 5.92 Å². The summed E-state index contributed by atoms with van der Waals surface area (Å²) in [5.41, 5.74) is 1.07. The van der Waals surface area contributed by atoms with Crippen molar-refractivity contribution in [2.45, 2.75) is 58.0 Å². The number of nitrogens with zero attached hydrogens (tertiary/aromatic N) is 2. The van der Waals surface area contributed by atoms with Gasteiger partial charge in [-0.3, -0.25) is 9.69 Å². The highest BCUT2D eigenvalue weighted by Gasteiger charge is 2.27. The van der Waals surface area contributed by atoms with Crippen LogP contribution in [0.5, 0.6) is 5.75 Å². The number of methoxy groups -OCH3 is 1. The van der Waals surface area contributed by atoms with Gasteiger partial charge in [-0.05, 0) is 82.4 Å². The zero-order valence-electron chi connectivity index (χ0n) is 17.7. The summed E-state index contributed by atoms with van der Waals surface area (Å²) in [4.78, 5) is 17.6. The van der Waals surface area contributed by atoms with Crippen LogP contribution < -0.4 is 10.1 Å². The highest BCUT2D eigenvalue weighted by atomic mass is 16.5. The second kappa shape index (κ2) is 10.8. The maximum absolute atomic E-state index is 12.6. The number of hydrogen-bond donors (Lipinski definition) is 1. The molecule has 1 aromatic rings. The summed E-state index contributed by atoms with van der Waals surface area (Å²) in [6.07, 6.45) is 7.95. The Kier molecular flexibility index (Phi) is 8.16. The van der Waals surface area contributed by atoms with Crippen LogP contribution in [0.4, 0.5) is 0 Å². The van der Waals surface area contributed by atoms with E-state index < -0.39 is 0 Å². The summed E-state index contributed by atoms with van der Waals surface area (Å²) < 4.78 is 5.25. The normalized spacial score (nSPS) is 21.1. The van der Waals surface area contributed by atoms with E-state index in [-0.39, 0.29) is 11.9 Å². The minimum atomic E-state index is -0.0651. The Morgan fingerprint density at radius 3 is 2.54 bits per heavy atom. The summed E-state index contributed by atoms with van der Waals surface area (Å²) in [5.74, 6) is 1.74. The van der Waals surface area contributed by atoms with Gasteiger partial charge in [0.15, 0.2) is 0 Å². The molecule has 2 aliphatic rings. The maximum atomic E-state index is 12.6. The molecule has 2 fully saturated rings. The summed E-state index contributed by atoms with van der Waals surface area (Å²) in [5, 5.41) is 3.09. The van der Waals surface area contributed by atoms with Crippen molar-refractivity contribution in [3.63, 3.8) is 0 Å². The zero-order chi connectivity index (χ0) is 19.8. The molecule has 0 aromatic heterocycles. The molecule has 1 N–H and O–H groups in total. The van der Waals surface area contributed by atoms with E-state index in [1.165, 1.54) is 58.2 Å². The van der Waals surface area contributed by atoms with Gasteiger partial charge in [-0.2, -0.15) is 0 Å². The van der Waals surface area contributed by atoms with Crippen molar-refractivity contribution in [2.24, 2.45) is 5.92 Å².